The lowest BCUT2D eigenvalue weighted by atomic mass is 10.1. The summed E-state index contributed by atoms with van der Waals surface area (Å²) in [5.41, 5.74) is 2.46. The number of allylic oxidation sites excluding steroid dienone is 1. The molecule has 126 valence electrons. The minimum Gasteiger partial charge on any atom is -0.378 e. The lowest BCUT2D eigenvalue weighted by molar-refractivity contribution is 0.104. The smallest absolute Gasteiger partial charge is 0.189 e. The van der Waals surface area contributed by atoms with E-state index >= 15 is 0 Å². The molecule has 6 heteroatoms. The predicted molar refractivity (Wildman–Crippen MR) is 90.7 cm³/mol. The first-order valence-electron chi connectivity index (χ1n) is 7.89. The first kappa shape index (κ1) is 16.4. The van der Waals surface area contributed by atoms with E-state index in [1.54, 1.807) is 37.0 Å². The van der Waals surface area contributed by atoms with Crippen molar-refractivity contribution in [3.05, 3.63) is 53.1 Å². The monoisotopic (exact) mass is 329 g/mol. The van der Waals surface area contributed by atoms with Crippen LogP contribution in [0.2, 0.25) is 0 Å². The second-order valence-electron chi connectivity index (χ2n) is 5.81. The van der Waals surface area contributed by atoms with Gasteiger partial charge in [-0.05, 0) is 30.7 Å². The second-order valence-corrected chi connectivity index (χ2v) is 5.81. The molecular weight excluding hydrogens is 309 g/mol. The molecule has 0 unspecified atom stereocenters. The third-order valence-electron chi connectivity index (χ3n) is 4.03. The number of ether oxygens (including phenoxy) is 1. The molecule has 2 heterocycles. The number of carbonyl (C=O) groups excluding carboxylic acids is 1. The fraction of sp³-hybridized carbons (Fsp3) is 0.333. The molecule has 0 saturated carbocycles. The van der Waals surface area contributed by atoms with E-state index < -0.39 is 0 Å². The van der Waals surface area contributed by atoms with Crippen molar-refractivity contribution in [3.8, 4) is 0 Å². The zero-order valence-electron chi connectivity index (χ0n) is 13.8. The van der Waals surface area contributed by atoms with E-state index in [0.29, 0.717) is 48.8 Å². The zero-order valence-corrected chi connectivity index (χ0v) is 13.8. The Bertz CT molecular complexity index is 777. The van der Waals surface area contributed by atoms with Gasteiger partial charge in [-0.2, -0.15) is 5.10 Å². The number of aromatic nitrogens is 2. The van der Waals surface area contributed by atoms with Crippen LogP contribution in [0.25, 0.3) is 6.08 Å². The molecule has 1 aliphatic heterocycles. The molecule has 3 rings (SSSR count). The minimum atomic E-state index is -0.288. The molecule has 1 aliphatic rings. The average Bonchev–Trinajstić information content (AvgIpc) is 2.92. The van der Waals surface area contributed by atoms with Crippen molar-refractivity contribution in [1.29, 1.82) is 0 Å². The molecule has 0 bridgehead atoms. The number of benzene rings is 1. The quantitative estimate of drug-likeness (QED) is 0.639. The maximum atomic E-state index is 14.3. The van der Waals surface area contributed by atoms with E-state index in [2.05, 4.69) is 5.10 Å². The van der Waals surface area contributed by atoms with Crippen LogP contribution >= 0.6 is 0 Å². The predicted octanol–water partition coefficient (Wildman–Crippen LogP) is 2.60. The number of halogens is 1. The van der Waals surface area contributed by atoms with Gasteiger partial charge in [0.15, 0.2) is 5.78 Å². The van der Waals surface area contributed by atoms with Crippen molar-refractivity contribution in [1.82, 2.24) is 9.78 Å². The van der Waals surface area contributed by atoms with Gasteiger partial charge in [0, 0.05) is 26.3 Å². The summed E-state index contributed by atoms with van der Waals surface area (Å²) in [6.07, 6.45) is 4.76. The summed E-state index contributed by atoms with van der Waals surface area (Å²) in [5, 5.41) is 4.15. The van der Waals surface area contributed by atoms with Crippen LogP contribution in [0.4, 0.5) is 10.1 Å². The highest BCUT2D eigenvalue weighted by molar-refractivity contribution is 6.07. The molecule has 0 N–H and O–H groups in total. The number of ketones is 1. The van der Waals surface area contributed by atoms with E-state index in [4.69, 9.17) is 4.74 Å². The maximum absolute atomic E-state index is 14.3. The molecule has 1 aromatic heterocycles. The molecule has 1 aromatic carbocycles. The van der Waals surface area contributed by atoms with Gasteiger partial charge in [-0.1, -0.05) is 12.1 Å². The normalized spacial score (nSPS) is 15.2. The number of nitrogens with zero attached hydrogens (tertiary/aromatic N) is 3. The fourth-order valence-electron chi connectivity index (χ4n) is 2.79. The van der Waals surface area contributed by atoms with Gasteiger partial charge in [0.2, 0.25) is 0 Å². The number of aryl methyl sites for hydroxylation is 2. The Labute approximate surface area is 140 Å². The lowest BCUT2D eigenvalue weighted by Crippen LogP contribution is -2.36. The summed E-state index contributed by atoms with van der Waals surface area (Å²) >= 11 is 0. The van der Waals surface area contributed by atoms with Crippen molar-refractivity contribution >= 4 is 17.5 Å². The highest BCUT2D eigenvalue weighted by Crippen LogP contribution is 2.22. The molecular formula is C18H20FN3O2. The summed E-state index contributed by atoms with van der Waals surface area (Å²) in [4.78, 5) is 14.2. The van der Waals surface area contributed by atoms with Gasteiger partial charge < -0.3 is 9.64 Å². The highest BCUT2D eigenvalue weighted by atomic mass is 19.1. The molecule has 0 atom stereocenters. The van der Waals surface area contributed by atoms with Crippen LogP contribution in [-0.4, -0.2) is 41.9 Å². The number of hydrogen-bond acceptors (Lipinski definition) is 4. The van der Waals surface area contributed by atoms with Crippen molar-refractivity contribution in [3.63, 3.8) is 0 Å². The summed E-state index contributed by atoms with van der Waals surface area (Å²) in [7, 11) is 1.77. The molecule has 0 radical (unpaired) electrons. The summed E-state index contributed by atoms with van der Waals surface area (Å²) in [6, 6.07) is 5.01. The Hall–Kier alpha value is -2.47. The van der Waals surface area contributed by atoms with E-state index in [-0.39, 0.29) is 11.6 Å². The van der Waals surface area contributed by atoms with Crippen LogP contribution < -0.4 is 4.90 Å². The Morgan fingerprint density at radius 3 is 2.71 bits per heavy atom. The molecule has 0 amide bonds. The van der Waals surface area contributed by atoms with Crippen LogP contribution in [0.1, 0.15) is 21.6 Å². The van der Waals surface area contributed by atoms with E-state index in [1.165, 1.54) is 12.1 Å². The third-order valence-corrected chi connectivity index (χ3v) is 4.03. The highest BCUT2D eigenvalue weighted by Gasteiger charge is 2.15. The largest absolute Gasteiger partial charge is 0.378 e. The van der Waals surface area contributed by atoms with Gasteiger partial charge in [-0.3, -0.25) is 9.48 Å². The van der Waals surface area contributed by atoms with Gasteiger partial charge >= 0.3 is 0 Å². The number of carbonyl (C=O) groups is 1. The number of anilines is 1. The van der Waals surface area contributed by atoms with Crippen molar-refractivity contribution < 1.29 is 13.9 Å². The summed E-state index contributed by atoms with van der Waals surface area (Å²) in [5.74, 6) is -0.428. The first-order valence-corrected chi connectivity index (χ1v) is 7.89. The molecule has 1 saturated heterocycles. The van der Waals surface area contributed by atoms with Crippen LogP contribution in [-0.2, 0) is 11.8 Å². The van der Waals surface area contributed by atoms with Crippen LogP contribution in [0.15, 0.2) is 30.5 Å². The average molecular weight is 329 g/mol. The van der Waals surface area contributed by atoms with Crippen molar-refractivity contribution in [2.75, 3.05) is 31.2 Å². The molecule has 0 aliphatic carbocycles. The van der Waals surface area contributed by atoms with Gasteiger partial charge in [0.25, 0.3) is 0 Å². The number of morpholine rings is 1. The van der Waals surface area contributed by atoms with Gasteiger partial charge in [-0.25, -0.2) is 4.39 Å². The summed E-state index contributed by atoms with van der Waals surface area (Å²) in [6.45, 7) is 4.38. The molecule has 2 aromatic rings. The minimum absolute atomic E-state index is 0.140. The van der Waals surface area contributed by atoms with E-state index in [1.807, 2.05) is 11.0 Å². The van der Waals surface area contributed by atoms with Crippen molar-refractivity contribution in [2.24, 2.45) is 7.05 Å². The van der Waals surface area contributed by atoms with Gasteiger partial charge in [0.05, 0.1) is 30.2 Å². The van der Waals surface area contributed by atoms with E-state index in [9.17, 15) is 9.18 Å². The lowest BCUT2D eigenvalue weighted by Gasteiger charge is -2.29. The second kappa shape index (κ2) is 6.97. The van der Waals surface area contributed by atoms with Gasteiger partial charge in [-0.15, -0.1) is 0 Å². The molecule has 0 spiro atoms. The summed E-state index contributed by atoms with van der Waals surface area (Å²) < 4.78 is 21.2. The van der Waals surface area contributed by atoms with Crippen LogP contribution in [0.3, 0.4) is 0 Å². The standard InChI is InChI=1S/C18H20FN3O2/c1-13-15(12-21(2)20-13)18(23)6-4-14-3-5-17(16(19)11-14)22-7-9-24-10-8-22/h3-6,11-12H,7-10H2,1-2H3. The SMILES string of the molecule is Cc1nn(C)cc1C(=O)C=Cc1ccc(N2CCOCC2)c(F)c1. The third kappa shape index (κ3) is 3.54. The molecule has 5 nitrogen and oxygen atoms in total. The van der Waals surface area contributed by atoms with Crippen LogP contribution in [0.5, 0.6) is 0 Å². The zero-order chi connectivity index (χ0) is 17.1. The fourth-order valence-corrected chi connectivity index (χ4v) is 2.79. The Kier molecular flexibility index (Phi) is 4.76. The topological polar surface area (TPSA) is 47.4 Å². The molecule has 1 fully saturated rings. The Morgan fingerprint density at radius 1 is 1.33 bits per heavy atom. The Balaban J connectivity index is 1.74. The number of rotatable bonds is 4. The molecule has 24 heavy (non-hydrogen) atoms. The number of hydrogen-bond donors (Lipinski definition) is 0. The Morgan fingerprint density at radius 2 is 2.08 bits per heavy atom. The van der Waals surface area contributed by atoms with Gasteiger partial charge in [0.1, 0.15) is 5.82 Å². The van der Waals surface area contributed by atoms with Crippen molar-refractivity contribution in [2.45, 2.75) is 6.92 Å². The maximum Gasteiger partial charge on any atom is 0.189 e. The van der Waals surface area contributed by atoms with E-state index in [0.717, 1.165) is 0 Å². The first-order chi connectivity index (χ1) is 11.5. The van der Waals surface area contributed by atoms with Crippen LogP contribution in [0, 0.1) is 12.7 Å².